The first kappa shape index (κ1) is 19.1. The summed E-state index contributed by atoms with van der Waals surface area (Å²) in [5, 5.41) is 0. The Kier molecular flexibility index (Phi) is 4.37. The van der Waals surface area contributed by atoms with Crippen LogP contribution in [0.2, 0.25) is 0 Å². The molecule has 0 aliphatic carbocycles. The van der Waals surface area contributed by atoms with E-state index in [0.29, 0.717) is 18.7 Å². The van der Waals surface area contributed by atoms with Gasteiger partial charge in [0, 0.05) is 12.6 Å². The van der Waals surface area contributed by atoms with Crippen molar-refractivity contribution in [2.24, 2.45) is 5.73 Å². The Labute approximate surface area is 149 Å². The second-order valence-electron chi connectivity index (χ2n) is 6.75. The van der Waals surface area contributed by atoms with Crippen molar-refractivity contribution < 1.29 is 19.4 Å². The quantitative estimate of drug-likeness (QED) is 0.646. The van der Waals surface area contributed by atoms with E-state index < -0.39 is 15.1 Å². The lowest BCUT2D eigenvalue weighted by molar-refractivity contribution is 0.120. The number of hydrogen-bond donors (Lipinski definition) is 1. The number of halogens is 5. The van der Waals surface area contributed by atoms with Gasteiger partial charge >= 0.3 is 10.2 Å². The molecule has 2 unspecified atom stereocenters. The van der Waals surface area contributed by atoms with Crippen molar-refractivity contribution in [2.75, 3.05) is 6.54 Å². The molecule has 26 heavy (non-hydrogen) atoms. The molecule has 3 rings (SSSR count). The van der Waals surface area contributed by atoms with E-state index in [4.69, 9.17) is 5.73 Å². The van der Waals surface area contributed by atoms with Crippen LogP contribution in [0.25, 0.3) is 0 Å². The molecular formula is C18H21F5N2S. The number of likely N-dealkylation sites (tertiary alicyclic amines) is 1. The van der Waals surface area contributed by atoms with Crippen molar-refractivity contribution in [2.45, 2.75) is 36.4 Å². The number of hydrogen-bond acceptors (Lipinski definition) is 2. The number of nitrogens with two attached hydrogens (primary N) is 1. The molecule has 2 atom stereocenters. The zero-order valence-corrected chi connectivity index (χ0v) is 14.8. The molecule has 0 saturated carbocycles. The third-order valence-corrected chi connectivity index (χ3v) is 5.80. The van der Waals surface area contributed by atoms with Crippen LogP contribution in [0.5, 0.6) is 0 Å². The molecular weight excluding hydrogens is 371 g/mol. The van der Waals surface area contributed by atoms with Crippen LogP contribution in [0.4, 0.5) is 19.4 Å². The van der Waals surface area contributed by atoms with Gasteiger partial charge in [-0.3, -0.25) is 4.90 Å². The Balaban J connectivity index is 1.90. The molecule has 2 aromatic carbocycles. The van der Waals surface area contributed by atoms with Crippen molar-refractivity contribution in [3.63, 3.8) is 0 Å². The molecule has 8 heteroatoms. The summed E-state index contributed by atoms with van der Waals surface area (Å²) in [6.07, 6.45) is 1.62. The zero-order valence-electron chi connectivity index (χ0n) is 14.0. The van der Waals surface area contributed by atoms with Crippen LogP contribution in [0.3, 0.4) is 0 Å². The van der Waals surface area contributed by atoms with E-state index in [1.54, 1.807) is 0 Å². The van der Waals surface area contributed by atoms with E-state index >= 15 is 0 Å². The Morgan fingerprint density at radius 1 is 0.962 bits per heavy atom. The van der Waals surface area contributed by atoms with Gasteiger partial charge in [0.15, 0.2) is 0 Å². The highest BCUT2D eigenvalue weighted by Crippen LogP contribution is 3.02. The number of nitrogens with zero attached hydrogens (tertiary/aromatic N) is 1. The molecule has 0 amide bonds. The molecule has 1 aliphatic rings. The largest absolute Gasteiger partial charge is 0.326 e. The minimum absolute atomic E-state index is 0.134. The van der Waals surface area contributed by atoms with E-state index in [1.807, 2.05) is 35.2 Å². The van der Waals surface area contributed by atoms with Crippen LogP contribution in [0, 0.1) is 0 Å². The lowest BCUT2D eigenvalue weighted by atomic mass is 9.90. The fourth-order valence-electron chi connectivity index (χ4n) is 3.50. The van der Waals surface area contributed by atoms with Gasteiger partial charge in [-0.2, -0.15) is 0 Å². The Hall–Kier alpha value is -1.64. The van der Waals surface area contributed by atoms with Gasteiger partial charge in [-0.25, -0.2) is 0 Å². The highest BCUT2D eigenvalue weighted by Gasteiger charge is 2.65. The highest BCUT2D eigenvalue weighted by molar-refractivity contribution is 8.45. The number of benzene rings is 2. The molecule has 0 aromatic heterocycles. The van der Waals surface area contributed by atoms with Gasteiger partial charge in [0.25, 0.3) is 0 Å². The van der Waals surface area contributed by atoms with Gasteiger partial charge in [-0.1, -0.05) is 61.9 Å². The molecule has 1 heterocycles. The first-order valence-electron chi connectivity index (χ1n) is 8.32. The average molecular weight is 392 g/mol. The lowest BCUT2D eigenvalue weighted by Gasteiger charge is -2.42. The van der Waals surface area contributed by atoms with Gasteiger partial charge < -0.3 is 5.73 Å². The van der Waals surface area contributed by atoms with E-state index in [9.17, 15) is 19.4 Å². The maximum absolute atomic E-state index is 13.1. The van der Waals surface area contributed by atoms with E-state index in [2.05, 4.69) is 0 Å². The lowest BCUT2D eigenvalue weighted by Crippen LogP contribution is -2.45. The standard InChI is InChI=1S/C18H21F5N2S/c19-26(20,21,22,23)16-9-4-6-14(12-16)13-25-11-5-10-17(24)18(25)15-7-2-1-3-8-15/h1-4,6-9,12,17-18H,5,10-11,13,24H2. The summed E-state index contributed by atoms with van der Waals surface area (Å²) < 4.78 is 65.4. The highest BCUT2D eigenvalue weighted by atomic mass is 32.5. The third kappa shape index (κ3) is 4.36. The molecule has 0 bridgehead atoms. The summed E-state index contributed by atoms with van der Waals surface area (Å²) in [7, 11) is -9.68. The third-order valence-electron chi connectivity index (χ3n) is 4.65. The smallest absolute Gasteiger partial charge is 0.310 e. The maximum atomic E-state index is 13.1. The van der Waals surface area contributed by atoms with Crippen molar-refractivity contribution in [1.29, 1.82) is 0 Å². The molecule has 2 nitrogen and oxygen atoms in total. The molecule has 0 spiro atoms. The van der Waals surface area contributed by atoms with Crippen LogP contribution in [-0.4, -0.2) is 17.5 Å². The van der Waals surface area contributed by atoms with Gasteiger partial charge in [0.2, 0.25) is 0 Å². The van der Waals surface area contributed by atoms with Crippen molar-refractivity contribution >= 4 is 10.2 Å². The molecule has 1 saturated heterocycles. The van der Waals surface area contributed by atoms with Crippen molar-refractivity contribution in [1.82, 2.24) is 4.90 Å². The summed E-state index contributed by atoms with van der Waals surface area (Å²) >= 11 is 0. The van der Waals surface area contributed by atoms with Gasteiger partial charge in [0.05, 0.1) is 6.04 Å². The summed E-state index contributed by atoms with van der Waals surface area (Å²) in [5.74, 6) is 0. The fourth-order valence-corrected chi connectivity index (χ4v) is 4.21. The first-order chi connectivity index (χ1) is 11.9. The second kappa shape index (κ2) is 5.94. The topological polar surface area (TPSA) is 29.3 Å². The Morgan fingerprint density at radius 3 is 2.31 bits per heavy atom. The number of rotatable bonds is 4. The average Bonchev–Trinajstić information content (AvgIpc) is 2.54. The van der Waals surface area contributed by atoms with Gasteiger partial charge in [0.1, 0.15) is 4.90 Å². The fraction of sp³-hybridized carbons (Fsp3) is 0.333. The molecule has 2 N–H and O–H groups in total. The summed E-state index contributed by atoms with van der Waals surface area (Å²) in [6.45, 7) is 0.781. The van der Waals surface area contributed by atoms with Crippen LogP contribution in [0.1, 0.15) is 30.0 Å². The Bertz CT molecular complexity index is 779. The molecule has 2 aromatic rings. The maximum Gasteiger partial charge on any atom is 0.310 e. The van der Waals surface area contributed by atoms with Crippen LogP contribution in [0.15, 0.2) is 59.5 Å². The van der Waals surface area contributed by atoms with Crippen LogP contribution >= 0.6 is 10.2 Å². The summed E-state index contributed by atoms with van der Waals surface area (Å²) in [6, 6.07) is 12.6. The summed E-state index contributed by atoms with van der Waals surface area (Å²) in [5.41, 5.74) is 7.44. The van der Waals surface area contributed by atoms with Gasteiger partial charge in [-0.15, -0.1) is 0 Å². The van der Waals surface area contributed by atoms with Crippen LogP contribution in [-0.2, 0) is 6.54 Å². The van der Waals surface area contributed by atoms with Gasteiger partial charge in [-0.05, 0) is 42.6 Å². The minimum Gasteiger partial charge on any atom is -0.326 e. The minimum atomic E-state index is -9.68. The van der Waals surface area contributed by atoms with Crippen molar-refractivity contribution in [3.8, 4) is 0 Å². The van der Waals surface area contributed by atoms with E-state index in [0.717, 1.165) is 24.5 Å². The molecule has 1 aliphatic heterocycles. The first-order valence-corrected chi connectivity index (χ1v) is 10.3. The van der Waals surface area contributed by atoms with E-state index in [1.165, 1.54) is 6.07 Å². The SMILES string of the molecule is NC1CCCN(Cc2cccc(S(F)(F)(F)(F)F)c2)C1c1ccccc1. The Morgan fingerprint density at radius 2 is 1.65 bits per heavy atom. The van der Waals surface area contributed by atoms with Crippen LogP contribution < -0.4 is 5.73 Å². The van der Waals surface area contributed by atoms with E-state index in [-0.39, 0.29) is 24.2 Å². The monoisotopic (exact) mass is 392 g/mol. The number of piperidine rings is 1. The molecule has 1 fully saturated rings. The molecule has 144 valence electrons. The summed E-state index contributed by atoms with van der Waals surface area (Å²) in [4.78, 5) is 0.119. The normalized spacial score (nSPS) is 24.7. The second-order valence-corrected chi connectivity index (χ2v) is 9.16. The molecule has 0 radical (unpaired) electrons. The zero-order chi connectivity index (χ0) is 19.1. The predicted octanol–water partition coefficient (Wildman–Crippen LogP) is 6.01. The van der Waals surface area contributed by atoms with Crippen molar-refractivity contribution in [3.05, 3.63) is 65.7 Å². The predicted molar refractivity (Wildman–Crippen MR) is 94.6 cm³/mol.